The lowest BCUT2D eigenvalue weighted by atomic mass is 9.88. The Morgan fingerprint density at radius 1 is 1.35 bits per heavy atom. The van der Waals surface area contributed by atoms with Crippen molar-refractivity contribution in [3.05, 3.63) is 12.7 Å². The van der Waals surface area contributed by atoms with Crippen LogP contribution in [0.4, 0.5) is 0 Å². The second-order valence-electron chi connectivity index (χ2n) is 4.60. The Hall–Kier alpha value is -1.32. The van der Waals surface area contributed by atoms with Crippen molar-refractivity contribution in [3.63, 3.8) is 0 Å². The van der Waals surface area contributed by atoms with Crippen LogP contribution in [-0.4, -0.2) is 25.2 Å². The molecular formula is C13H22O4. The minimum Gasteiger partial charge on any atom is -0.466 e. The maximum Gasteiger partial charge on any atom is 0.308 e. The molecule has 0 amide bonds. The standard InChI is InChI=1S/C13H22O4/c1-6-13(5,8-11(14)16-7-2)9-17-12(15)10(3)4/h6,10H,1,7-9H2,2-5H3/t13-/m0/s1. The van der Waals surface area contributed by atoms with Gasteiger partial charge in [0, 0.05) is 5.41 Å². The van der Waals surface area contributed by atoms with Gasteiger partial charge in [0.1, 0.15) is 6.61 Å². The van der Waals surface area contributed by atoms with E-state index in [1.807, 2.05) is 6.92 Å². The first-order chi connectivity index (χ1) is 7.84. The highest BCUT2D eigenvalue weighted by molar-refractivity contribution is 5.72. The lowest BCUT2D eigenvalue weighted by Gasteiger charge is -2.24. The predicted molar refractivity (Wildman–Crippen MR) is 65.4 cm³/mol. The quantitative estimate of drug-likeness (QED) is 0.508. The molecule has 0 aliphatic rings. The zero-order valence-electron chi connectivity index (χ0n) is 11.1. The summed E-state index contributed by atoms with van der Waals surface area (Å²) in [5.74, 6) is -0.760. The molecule has 0 spiro atoms. The molecule has 0 aliphatic heterocycles. The minimum atomic E-state index is -0.573. The van der Waals surface area contributed by atoms with E-state index < -0.39 is 5.41 Å². The van der Waals surface area contributed by atoms with Gasteiger partial charge in [0.15, 0.2) is 0 Å². The van der Waals surface area contributed by atoms with Crippen LogP contribution in [0.5, 0.6) is 0 Å². The first-order valence-corrected chi connectivity index (χ1v) is 5.80. The summed E-state index contributed by atoms with van der Waals surface area (Å²) in [6, 6.07) is 0. The van der Waals surface area contributed by atoms with E-state index >= 15 is 0 Å². The smallest absolute Gasteiger partial charge is 0.308 e. The average Bonchev–Trinajstić information content (AvgIpc) is 2.26. The number of hydrogen-bond acceptors (Lipinski definition) is 4. The van der Waals surface area contributed by atoms with Crippen LogP contribution in [0, 0.1) is 11.3 Å². The van der Waals surface area contributed by atoms with Crippen molar-refractivity contribution in [2.45, 2.75) is 34.1 Å². The molecule has 0 aromatic heterocycles. The minimum absolute atomic E-state index is 0.145. The van der Waals surface area contributed by atoms with Crippen molar-refractivity contribution in [2.75, 3.05) is 13.2 Å². The van der Waals surface area contributed by atoms with Gasteiger partial charge in [-0.2, -0.15) is 0 Å². The lowest BCUT2D eigenvalue weighted by molar-refractivity contribution is -0.153. The first kappa shape index (κ1) is 15.7. The Bertz CT molecular complexity index is 283. The Kier molecular flexibility index (Phi) is 6.54. The van der Waals surface area contributed by atoms with Gasteiger partial charge in [-0.15, -0.1) is 6.58 Å². The van der Waals surface area contributed by atoms with E-state index in [1.165, 1.54) is 0 Å². The molecule has 0 aliphatic carbocycles. The van der Waals surface area contributed by atoms with Crippen molar-refractivity contribution in [1.82, 2.24) is 0 Å². The highest BCUT2D eigenvalue weighted by Crippen LogP contribution is 2.24. The van der Waals surface area contributed by atoms with Gasteiger partial charge in [0.25, 0.3) is 0 Å². The van der Waals surface area contributed by atoms with Gasteiger partial charge in [-0.05, 0) is 6.92 Å². The van der Waals surface area contributed by atoms with E-state index in [4.69, 9.17) is 9.47 Å². The number of hydrogen-bond donors (Lipinski definition) is 0. The van der Waals surface area contributed by atoms with Crippen LogP contribution in [0.3, 0.4) is 0 Å². The largest absolute Gasteiger partial charge is 0.466 e. The van der Waals surface area contributed by atoms with E-state index in [0.717, 1.165) is 0 Å². The van der Waals surface area contributed by atoms with Crippen molar-refractivity contribution in [3.8, 4) is 0 Å². The van der Waals surface area contributed by atoms with Crippen LogP contribution >= 0.6 is 0 Å². The summed E-state index contributed by atoms with van der Waals surface area (Å²) in [7, 11) is 0. The van der Waals surface area contributed by atoms with E-state index in [1.54, 1.807) is 26.8 Å². The van der Waals surface area contributed by atoms with Gasteiger partial charge in [-0.3, -0.25) is 9.59 Å². The molecule has 0 radical (unpaired) electrons. The van der Waals surface area contributed by atoms with Gasteiger partial charge < -0.3 is 9.47 Å². The van der Waals surface area contributed by atoms with Crippen LogP contribution in [0.1, 0.15) is 34.1 Å². The molecular weight excluding hydrogens is 220 g/mol. The second-order valence-corrected chi connectivity index (χ2v) is 4.60. The van der Waals surface area contributed by atoms with Gasteiger partial charge >= 0.3 is 11.9 Å². The number of carbonyl (C=O) groups excluding carboxylic acids is 2. The topological polar surface area (TPSA) is 52.6 Å². The molecule has 0 rings (SSSR count). The normalized spacial score (nSPS) is 13.9. The zero-order valence-corrected chi connectivity index (χ0v) is 11.1. The SMILES string of the molecule is C=C[C@](C)(COC(=O)C(C)C)CC(=O)OCC. The molecule has 0 saturated heterocycles. The molecule has 0 aromatic carbocycles. The number of carbonyl (C=O) groups is 2. The first-order valence-electron chi connectivity index (χ1n) is 5.80. The highest BCUT2D eigenvalue weighted by Gasteiger charge is 2.27. The maximum atomic E-state index is 11.4. The van der Waals surface area contributed by atoms with Crippen LogP contribution in [-0.2, 0) is 19.1 Å². The fraction of sp³-hybridized carbons (Fsp3) is 0.692. The number of esters is 2. The average molecular weight is 242 g/mol. The van der Waals surface area contributed by atoms with E-state index in [-0.39, 0.29) is 30.9 Å². The molecule has 98 valence electrons. The molecule has 4 nitrogen and oxygen atoms in total. The molecule has 0 heterocycles. The van der Waals surface area contributed by atoms with Gasteiger partial charge in [0.05, 0.1) is 18.9 Å². The lowest BCUT2D eigenvalue weighted by Crippen LogP contribution is -2.28. The van der Waals surface area contributed by atoms with Crippen molar-refractivity contribution in [2.24, 2.45) is 11.3 Å². The zero-order chi connectivity index (χ0) is 13.5. The van der Waals surface area contributed by atoms with Gasteiger partial charge in [-0.25, -0.2) is 0 Å². The Morgan fingerprint density at radius 2 is 1.94 bits per heavy atom. The number of rotatable bonds is 7. The van der Waals surface area contributed by atoms with Crippen LogP contribution < -0.4 is 0 Å². The van der Waals surface area contributed by atoms with Crippen LogP contribution in [0.2, 0.25) is 0 Å². The fourth-order valence-electron chi connectivity index (χ4n) is 1.13. The molecule has 0 bridgehead atoms. The molecule has 4 heteroatoms. The summed E-state index contributed by atoms with van der Waals surface area (Å²) in [6.07, 6.45) is 1.78. The van der Waals surface area contributed by atoms with E-state index in [0.29, 0.717) is 6.61 Å². The van der Waals surface area contributed by atoms with Crippen molar-refractivity contribution in [1.29, 1.82) is 0 Å². The fourth-order valence-corrected chi connectivity index (χ4v) is 1.13. The summed E-state index contributed by atoms with van der Waals surface area (Å²) < 4.78 is 9.99. The Morgan fingerprint density at radius 3 is 2.35 bits per heavy atom. The monoisotopic (exact) mass is 242 g/mol. The Labute approximate surface area is 103 Å². The van der Waals surface area contributed by atoms with E-state index in [2.05, 4.69) is 6.58 Å². The molecule has 17 heavy (non-hydrogen) atoms. The summed E-state index contributed by atoms with van der Waals surface area (Å²) >= 11 is 0. The summed E-state index contributed by atoms with van der Waals surface area (Å²) in [5, 5.41) is 0. The van der Waals surface area contributed by atoms with E-state index in [9.17, 15) is 9.59 Å². The van der Waals surface area contributed by atoms with Crippen molar-refractivity contribution < 1.29 is 19.1 Å². The highest BCUT2D eigenvalue weighted by atomic mass is 16.5. The summed E-state index contributed by atoms with van der Waals surface area (Å²) in [4.78, 5) is 22.7. The second kappa shape index (κ2) is 7.09. The predicted octanol–water partition coefficient (Wildman–Crippen LogP) is 2.33. The molecule has 1 atom stereocenters. The summed E-state index contributed by atoms with van der Waals surface area (Å²) in [6.45, 7) is 11.2. The van der Waals surface area contributed by atoms with Crippen LogP contribution in [0.25, 0.3) is 0 Å². The third-order valence-corrected chi connectivity index (χ3v) is 2.36. The van der Waals surface area contributed by atoms with Gasteiger partial charge in [0.2, 0.25) is 0 Å². The molecule has 0 fully saturated rings. The summed E-state index contributed by atoms with van der Waals surface area (Å²) in [5.41, 5.74) is -0.573. The molecule has 0 N–H and O–H groups in total. The Balaban J connectivity index is 4.32. The third-order valence-electron chi connectivity index (χ3n) is 2.36. The molecule has 0 aromatic rings. The van der Waals surface area contributed by atoms with Crippen LogP contribution in [0.15, 0.2) is 12.7 Å². The number of ether oxygens (including phenoxy) is 2. The third kappa shape index (κ3) is 6.09. The van der Waals surface area contributed by atoms with Gasteiger partial charge in [-0.1, -0.05) is 26.8 Å². The maximum absolute atomic E-state index is 11.4. The molecule has 0 unspecified atom stereocenters. The molecule has 0 saturated carbocycles. The van der Waals surface area contributed by atoms with Crippen molar-refractivity contribution >= 4 is 11.9 Å².